The molecule has 0 aliphatic carbocycles. The molecule has 29 heavy (non-hydrogen) atoms. The molecule has 4 heterocycles. The topological polar surface area (TPSA) is 57.1 Å². The molecule has 1 aromatic heterocycles. The van der Waals surface area contributed by atoms with Crippen molar-refractivity contribution in [3.63, 3.8) is 0 Å². The number of piperidine rings is 1. The number of ether oxygens (including phenoxy) is 1. The summed E-state index contributed by atoms with van der Waals surface area (Å²) < 4.78 is 5.49. The number of benzene rings is 1. The van der Waals surface area contributed by atoms with Gasteiger partial charge in [0.25, 0.3) is 0 Å². The summed E-state index contributed by atoms with van der Waals surface area (Å²) in [4.78, 5) is 21.1. The van der Waals surface area contributed by atoms with Crippen LogP contribution in [0.25, 0.3) is 10.9 Å². The van der Waals surface area contributed by atoms with Crippen molar-refractivity contribution in [3.05, 3.63) is 24.5 Å². The molecule has 0 N–H and O–H groups in total. The molecule has 3 aliphatic rings. The number of hydrogen-bond acceptors (Lipinski definition) is 7. The van der Waals surface area contributed by atoms with E-state index in [1.807, 2.05) is 0 Å². The smallest absolute Gasteiger partial charge is 0.139 e. The lowest BCUT2D eigenvalue weighted by molar-refractivity contribution is 0.122. The van der Waals surface area contributed by atoms with Crippen LogP contribution < -0.4 is 9.80 Å². The van der Waals surface area contributed by atoms with Gasteiger partial charge < -0.3 is 19.4 Å². The lowest BCUT2D eigenvalue weighted by Gasteiger charge is -2.35. The van der Waals surface area contributed by atoms with Crippen LogP contribution in [0.5, 0.6) is 0 Å². The molecule has 0 spiro atoms. The Hall–Kier alpha value is -2.41. The third-order valence-corrected chi connectivity index (χ3v) is 6.44. The molecule has 7 heteroatoms. The zero-order valence-corrected chi connectivity index (χ0v) is 17.3. The Balaban J connectivity index is 1.36. The second kappa shape index (κ2) is 8.14. The molecule has 0 amide bonds. The van der Waals surface area contributed by atoms with Crippen molar-refractivity contribution in [2.75, 3.05) is 69.3 Å². The minimum absolute atomic E-state index is 0.640. The van der Waals surface area contributed by atoms with Crippen molar-refractivity contribution in [2.24, 2.45) is 10.9 Å². The van der Waals surface area contributed by atoms with Gasteiger partial charge in [-0.05, 0) is 37.0 Å². The van der Waals surface area contributed by atoms with E-state index in [4.69, 9.17) is 14.7 Å². The number of aromatic nitrogens is 2. The van der Waals surface area contributed by atoms with Crippen molar-refractivity contribution in [3.8, 4) is 0 Å². The lowest BCUT2D eigenvalue weighted by Crippen LogP contribution is -2.38. The molecule has 1 atom stereocenters. The molecular formula is C22H30N6O. The molecule has 3 aliphatic heterocycles. The summed E-state index contributed by atoms with van der Waals surface area (Å²) in [7, 11) is 2.16. The maximum atomic E-state index is 5.49. The van der Waals surface area contributed by atoms with E-state index in [1.165, 1.54) is 24.4 Å². The van der Waals surface area contributed by atoms with E-state index in [0.29, 0.717) is 5.92 Å². The highest BCUT2D eigenvalue weighted by Gasteiger charge is 2.26. The molecule has 0 saturated carbocycles. The highest BCUT2D eigenvalue weighted by molar-refractivity contribution is 5.91. The number of fused-ring (bicyclic) bond motifs is 1. The number of morpholine rings is 1. The zero-order chi connectivity index (χ0) is 19.6. The van der Waals surface area contributed by atoms with E-state index in [9.17, 15) is 0 Å². The van der Waals surface area contributed by atoms with Crippen LogP contribution in [0.3, 0.4) is 0 Å². The Bertz CT molecular complexity index is 894. The van der Waals surface area contributed by atoms with Gasteiger partial charge in [0, 0.05) is 57.3 Å². The van der Waals surface area contributed by atoms with Crippen molar-refractivity contribution >= 4 is 28.2 Å². The van der Waals surface area contributed by atoms with Crippen LogP contribution in [0.1, 0.15) is 19.3 Å². The number of hydrogen-bond donors (Lipinski definition) is 0. The SMILES string of the molecule is CN1CCN=C1CC1CCCN(c2ncnc3cc(N4CCOCC4)ccc23)C1. The molecule has 5 rings (SSSR count). The molecule has 7 nitrogen and oxygen atoms in total. The third kappa shape index (κ3) is 3.88. The fraction of sp³-hybridized carbons (Fsp3) is 0.591. The van der Waals surface area contributed by atoms with Gasteiger partial charge in [0.15, 0.2) is 0 Å². The number of anilines is 2. The molecule has 2 saturated heterocycles. The first-order chi connectivity index (χ1) is 14.3. The summed E-state index contributed by atoms with van der Waals surface area (Å²) in [5.41, 5.74) is 2.25. The minimum Gasteiger partial charge on any atom is -0.378 e. The molecule has 1 unspecified atom stereocenters. The predicted molar refractivity (Wildman–Crippen MR) is 117 cm³/mol. The Morgan fingerprint density at radius 3 is 2.79 bits per heavy atom. The second-order valence-electron chi connectivity index (χ2n) is 8.38. The first-order valence-electron chi connectivity index (χ1n) is 10.8. The fourth-order valence-electron chi connectivity index (χ4n) is 4.78. The first-order valence-corrected chi connectivity index (χ1v) is 10.8. The summed E-state index contributed by atoms with van der Waals surface area (Å²) in [6.07, 6.45) is 5.28. The number of rotatable bonds is 4. The van der Waals surface area contributed by atoms with Gasteiger partial charge in [0.1, 0.15) is 12.1 Å². The third-order valence-electron chi connectivity index (χ3n) is 6.44. The fourth-order valence-corrected chi connectivity index (χ4v) is 4.78. The Labute approximate surface area is 172 Å². The average molecular weight is 395 g/mol. The van der Waals surface area contributed by atoms with Gasteiger partial charge in [-0.15, -0.1) is 0 Å². The number of aliphatic imine (C=N–C) groups is 1. The average Bonchev–Trinajstić information content (AvgIpc) is 3.18. The lowest BCUT2D eigenvalue weighted by atomic mass is 9.94. The molecule has 0 radical (unpaired) electrons. The monoisotopic (exact) mass is 394 g/mol. The van der Waals surface area contributed by atoms with Crippen LogP contribution >= 0.6 is 0 Å². The van der Waals surface area contributed by atoms with E-state index >= 15 is 0 Å². The van der Waals surface area contributed by atoms with Crippen LogP contribution in [-0.4, -0.2) is 80.2 Å². The van der Waals surface area contributed by atoms with Crippen LogP contribution in [0, 0.1) is 5.92 Å². The maximum Gasteiger partial charge on any atom is 0.139 e. The van der Waals surface area contributed by atoms with Crippen LogP contribution in [-0.2, 0) is 4.74 Å². The second-order valence-corrected chi connectivity index (χ2v) is 8.38. The van der Waals surface area contributed by atoms with Crippen LogP contribution in [0.4, 0.5) is 11.5 Å². The van der Waals surface area contributed by atoms with E-state index in [1.54, 1.807) is 6.33 Å². The van der Waals surface area contributed by atoms with E-state index in [0.717, 1.165) is 75.6 Å². The highest BCUT2D eigenvalue weighted by Crippen LogP contribution is 2.31. The summed E-state index contributed by atoms with van der Waals surface area (Å²) in [6, 6.07) is 6.62. The molecule has 154 valence electrons. The molecule has 0 bridgehead atoms. The quantitative estimate of drug-likeness (QED) is 0.794. The summed E-state index contributed by atoms with van der Waals surface area (Å²) in [6.45, 7) is 7.59. The zero-order valence-electron chi connectivity index (χ0n) is 17.3. The maximum absolute atomic E-state index is 5.49. The Morgan fingerprint density at radius 2 is 1.97 bits per heavy atom. The van der Waals surface area contributed by atoms with Crippen molar-refractivity contribution in [1.29, 1.82) is 0 Å². The Morgan fingerprint density at radius 1 is 1.07 bits per heavy atom. The largest absolute Gasteiger partial charge is 0.378 e. The summed E-state index contributed by atoms with van der Waals surface area (Å²) in [5, 5.41) is 1.15. The molecule has 2 aromatic rings. The van der Waals surface area contributed by atoms with Crippen molar-refractivity contribution in [2.45, 2.75) is 19.3 Å². The first kappa shape index (κ1) is 18.6. The Kier molecular flexibility index (Phi) is 5.23. The molecular weight excluding hydrogens is 364 g/mol. The van der Waals surface area contributed by atoms with Gasteiger partial charge in [0.2, 0.25) is 0 Å². The minimum atomic E-state index is 0.640. The van der Waals surface area contributed by atoms with Gasteiger partial charge in [-0.2, -0.15) is 0 Å². The van der Waals surface area contributed by atoms with Gasteiger partial charge in [-0.3, -0.25) is 4.99 Å². The van der Waals surface area contributed by atoms with Crippen molar-refractivity contribution < 1.29 is 4.74 Å². The summed E-state index contributed by atoms with van der Waals surface area (Å²) >= 11 is 0. The predicted octanol–water partition coefficient (Wildman–Crippen LogP) is 2.42. The molecule has 1 aromatic carbocycles. The van der Waals surface area contributed by atoms with Crippen LogP contribution in [0.15, 0.2) is 29.5 Å². The van der Waals surface area contributed by atoms with E-state index < -0.39 is 0 Å². The van der Waals surface area contributed by atoms with Crippen LogP contribution in [0.2, 0.25) is 0 Å². The summed E-state index contributed by atoms with van der Waals surface area (Å²) in [5.74, 6) is 3.00. The normalized spacial score (nSPS) is 23.0. The van der Waals surface area contributed by atoms with Gasteiger partial charge in [-0.25, -0.2) is 9.97 Å². The van der Waals surface area contributed by atoms with E-state index in [2.05, 4.69) is 44.9 Å². The van der Waals surface area contributed by atoms with Crippen molar-refractivity contribution in [1.82, 2.24) is 14.9 Å². The van der Waals surface area contributed by atoms with Gasteiger partial charge in [0.05, 0.1) is 31.1 Å². The highest BCUT2D eigenvalue weighted by atomic mass is 16.5. The standard InChI is InChI=1S/C22H30N6O/c1-26-8-6-23-21(26)13-17-3-2-7-28(15-17)22-19-5-4-18(14-20(19)24-16-25-22)27-9-11-29-12-10-27/h4-5,14,16-17H,2-3,6-13,15H2,1H3. The number of nitrogens with zero attached hydrogens (tertiary/aromatic N) is 6. The number of likely N-dealkylation sites (N-methyl/N-ethyl adjacent to an activating group) is 1. The van der Waals surface area contributed by atoms with E-state index in [-0.39, 0.29) is 0 Å². The molecule has 2 fully saturated rings. The van der Waals surface area contributed by atoms with Gasteiger partial charge >= 0.3 is 0 Å². The number of amidine groups is 1. The van der Waals surface area contributed by atoms with Gasteiger partial charge in [-0.1, -0.05) is 0 Å².